The van der Waals surface area contributed by atoms with Gasteiger partial charge in [-0.15, -0.1) is 16.7 Å². The molecule has 1 amide bonds. The highest BCUT2D eigenvalue weighted by Gasteiger charge is 2.36. The molecule has 2 aromatic rings. The Morgan fingerprint density at radius 1 is 1.25 bits per heavy atom. The Morgan fingerprint density at radius 2 is 1.93 bits per heavy atom. The Kier molecular flexibility index (Phi) is 7.75. The summed E-state index contributed by atoms with van der Waals surface area (Å²) in [5.74, 6) is -0.254. The quantitative estimate of drug-likeness (QED) is 0.604. The Bertz CT molecular complexity index is 791. The van der Waals surface area contributed by atoms with Gasteiger partial charge in [-0.05, 0) is 31.4 Å². The summed E-state index contributed by atoms with van der Waals surface area (Å²) in [4.78, 5) is 25.0. The van der Waals surface area contributed by atoms with Gasteiger partial charge in [-0.2, -0.15) is 0 Å². The molecule has 0 aliphatic heterocycles. The van der Waals surface area contributed by atoms with Crippen molar-refractivity contribution < 1.29 is 9.59 Å². The van der Waals surface area contributed by atoms with Crippen LogP contribution < -0.4 is 5.32 Å². The Balaban J connectivity index is 2.31. The maximum atomic E-state index is 12.7. The van der Waals surface area contributed by atoms with E-state index < -0.39 is 11.6 Å². The number of rotatable bonds is 10. The zero-order valence-corrected chi connectivity index (χ0v) is 17.7. The molecule has 6 nitrogen and oxygen atoms in total. The van der Waals surface area contributed by atoms with Crippen LogP contribution in [0.25, 0.3) is 0 Å². The first-order valence-corrected chi connectivity index (χ1v) is 10.3. The molecule has 7 heteroatoms. The smallest absolute Gasteiger partial charge is 0.252 e. The third kappa shape index (κ3) is 4.98. The number of hydrogen-bond acceptors (Lipinski definition) is 4. The second-order valence-corrected chi connectivity index (χ2v) is 7.79. The van der Waals surface area contributed by atoms with E-state index in [1.165, 1.54) is 0 Å². The number of carbonyl (C=O) groups excluding carboxylic acids is 2. The van der Waals surface area contributed by atoms with E-state index in [1.807, 2.05) is 39.0 Å². The van der Waals surface area contributed by atoms with Gasteiger partial charge in [0, 0.05) is 5.56 Å². The van der Waals surface area contributed by atoms with Crippen LogP contribution in [0.3, 0.4) is 0 Å². The summed E-state index contributed by atoms with van der Waals surface area (Å²) in [5, 5.41) is 11.6. The summed E-state index contributed by atoms with van der Waals surface area (Å²) >= 11 is 5.79. The molecule has 1 heterocycles. The monoisotopic (exact) mass is 404 g/mol. The fraction of sp³-hybridized carbons (Fsp3) is 0.524. The minimum atomic E-state index is -0.732. The first kappa shape index (κ1) is 22.1. The lowest BCUT2D eigenvalue weighted by Gasteiger charge is -2.33. The molecule has 1 N–H and O–H groups in total. The maximum absolute atomic E-state index is 12.7. The number of halogens is 1. The molecule has 1 aromatic carbocycles. The molecule has 2 atom stereocenters. The van der Waals surface area contributed by atoms with Crippen LogP contribution >= 0.6 is 11.6 Å². The van der Waals surface area contributed by atoms with Crippen molar-refractivity contribution in [2.75, 3.05) is 5.88 Å². The highest BCUT2D eigenvalue weighted by atomic mass is 35.5. The average Bonchev–Trinajstić information content (AvgIpc) is 3.19. The highest BCUT2D eigenvalue weighted by Crippen LogP contribution is 2.29. The lowest BCUT2D eigenvalue weighted by molar-refractivity contribution is -0.120. The van der Waals surface area contributed by atoms with Crippen molar-refractivity contribution in [2.24, 2.45) is 5.92 Å². The molecule has 0 spiro atoms. The number of benzene rings is 1. The molecule has 0 saturated carbocycles. The number of nitrogens with one attached hydrogen (secondary N) is 1. The van der Waals surface area contributed by atoms with E-state index in [0.29, 0.717) is 17.7 Å². The van der Waals surface area contributed by atoms with Crippen molar-refractivity contribution in [3.8, 4) is 0 Å². The van der Waals surface area contributed by atoms with Crippen molar-refractivity contribution in [1.29, 1.82) is 0 Å². The van der Waals surface area contributed by atoms with Crippen molar-refractivity contribution in [1.82, 2.24) is 20.3 Å². The van der Waals surface area contributed by atoms with Gasteiger partial charge in [0.1, 0.15) is 11.7 Å². The van der Waals surface area contributed by atoms with Crippen molar-refractivity contribution in [3.05, 3.63) is 47.8 Å². The molecule has 1 unspecified atom stereocenters. The highest BCUT2D eigenvalue weighted by molar-refractivity contribution is 6.28. The van der Waals surface area contributed by atoms with Gasteiger partial charge >= 0.3 is 0 Å². The van der Waals surface area contributed by atoms with Crippen LogP contribution in [0.4, 0.5) is 0 Å². The van der Waals surface area contributed by atoms with Gasteiger partial charge in [-0.25, -0.2) is 4.68 Å². The second-order valence-electron chi connectivity index (χ2n) is 7.52. The van der Waals surface area contributed by atoms with Gasteiger partial charge in [0.05, 0.1) is 17.6 Å². The largest absolute Gasteiger partial charge is 0.341 e. The molecule has 0 saturated heterocycles. The second kappa shape index (κ2) is 9.82. The molecular formula is C21H29ClN4O2. The topological polar surface area (TPSA) is 76.9 Å². The minimum absolute atomic E-state index is 0.0585. The Labute approximate surface area is 171 Å². The third-order valence-corrected chi connectivity index (χ3v) is 5.52. The zero-order valence-electron chi connectivity index (χ0n) is 17.0. The van der Waals surface area contributed by atoms with E-state index in [2.05, 4.69) is 22.6 Å². The van der Waals surface area contributed by atoms with Gasteiger partial charge in [-0.3, -0.25) is 9.59 Å². The number of Topliss-reactive ketones (excluding diaryl/α,β-unsaturated/α-hetero) is 1. The SMILES string of the molecule is CCCCC(C(=O)CCl)n1cc([C@@](C)(NC(=O)c2ccccc2)C(C)C)nn1. The number of ketones is 1. The van der Waals surface area contributed by atoms with E-state index in [1.54, 1.807) is 23.0 Å². The number of aromatic nitrogens is 3. The summed E-state index contributed by atoms with van der Waals surface area (Å²) in [6.07, 6.45) is 4.30. The van der Waals surface area contributed by atoms with E-state index in [9.17, 15) is 9.59 Å². The molecule has 0 aliphatic rings. The number of alkyl halides is 1. The number of hydrogen-bond donors (Lipinski definition) is 1. The van der Waals surface area contributed by atoms with Crippen LogP contribution in [-0.4, -0.2) is 32.6 Å². The van der Waals surface area contributed by atoms with E-state index in [-0.39, 0.29) is 23.5 Å². The minimum Gasteiger partial charge on any atom is -0.341 e. The van der Waals surface area contributed by atoms with Crippen molar-refractivity contribution >= 4 is 23.3 Å². The third-order valence-electron chi connectivity index (χ3n) is 5.26. The van der Waals surface area contributed by atoms with Crippen LogP contribution in [-0.2, 0) is 10.3 Å². The first-order chi connectivity index (χ1) is 13.3. The van der Waals surface area contributed by atoms with Crippen molar-refractivity contribution in [3.63, 3.8) is 0 Å². The summed E-state index contributed by atoms with van der Waals surface area (Å²) in [5.41, 5.74) is 0.473. The van der Waals surface area contributed by atoms with E-state index in [4.69, 9.17) is 11.6 Å². The first-order valence-electron chi connectivity index (χ1n) is 9.72. The summed E-state index contributed by atoms with van der Waals surface area (Å²) in [7, 11) is 0. The van der Waals surface area contributed by atoms with E-state index >= 15 is 0 Å². The van der Waals surface area contributed by atoms with E-state index in [0.717, 1.165) is 12.8 Å². The molecule has 0 bridgehead atoms. The maximum Gasteiger partial charge on any atom is 0.252 e. The molecule has 0 aliphatic carbocycles. The standard InChI is InChI=1S/C21H29ClN4O2/c1-5-6-12-17(18(27)13-22)26-14-19(24-25-26)21(4,15(2)3)23-20(28)16-10-8-7-9-11-16/h7-11,14-15,17H,5-6,12-13H2,1-4H3,(H,23,28)/t17?,21-/m0/s1. The van der Waals surface area contributed by atoms with Gasteiger partial charge < -0.3 is 5.32 Å². The lowest BCUT2D eigenvalue weighted by atomic mass is 9.85. The van der Waals surface area contributed by atoms with Gasteiger partial charge in [-0.1, -0.05) is 57.0 Å². The number of amides is 1. The van der Waals surface area contributed by atoms with Crippen LogP contribution in [0.15, 0.2) is 36.5 Å². The fourth-order valence-electron chi connectivity index (χ4n) is 3.00. The molecular weight excluding hydrogens is 376 g/mol. The predicted octanol–water partition coefficient (Wildman–Crippen LogP) is 4.12. The fourth-order valence-corrected chi connectivity index (χ4v) is 3.17. The van der Waals surface area contributed by atoms with Crippen LogP contribution in [0.1, 0.15) is 69.1 Å². The van der Waals surface area contributed by atoms with Crippen LogP contribution in [0.5, 0.6) is 0 Å². The normalized spacial score (nSPS) is 14.5. The summed E-state index contributed by atoms with van der Waals surface area (Å²) < 4.78 is 1.59. The molecule has 2 rings (SSSR count). The Morgan fingerprint density at radius 3 is 2.50 bits per heavy atom. The molecule has 28 heavy (non-hydrogen) atoms. The van der Waals surface area contributed by atoms with Crippen LogP contribution in [0, 0.1) is 5.92 Å². The van der Waals surface area contributed by atoms with Gasteiger partial charge in [0.15, 0.2) is 5.78 Å². The zero-order chi connectivity index (χ0) is 20.7. The lowest BCUT2D eigenvalue weighted by Crippen LogP contribution is -2.47. The Hall–Kier alpha value is -2.21. The van der Waals surface area contributed by atoms with Gasteiger partial charge in [0.2, 0.25) is 0 Å². The molecule has 1 aromatic heterocycles. The average molecular weight is 405 g/mol. The molecule has 0 radical (unpaired) electrons. The predicted molar refractivity (Wildman–Crippen MR) is 110 cm³/mol. The van der Waals surface area contributed by atoms with Crippen molar-refractivity contribution in [2.45, 2.75) is 58.5 Å². The number of unbranched alkanes of at least 4 members (excludes halogenated alkanes) is 1. The molecule has 152 valence electrons. The number of nitrogens with zero attached hydrogens (tertiary/aromatic N) is 3. The van der Waals surface area contributed by atoms with Gasteiger partial charge in [0.25, 0.3) is 5.91 Å². The van der Waals surface area contributed by atoms with Crippen LogP contribution in [0.2, 0.25) is 0 Å². The number of carbonyl (C=O) groups is 2. The summed E-state index contributed by atoms with van der Waals surface area (Å²) in [6.45, 7) is 8.03. The summed E-state index contributed by atoms with van der Waals surface area (Å²) in [6, 6.07) is 8.63. The molecule has 0 fully saturated rings.